The molecule has 2 N–H and O–H groups in total. The van der Waals surface area contributed by atoms with Crippen LogP contribution in [0.15, 0.2) is 77.9 Å². The van der Waals surface area contributed by atoms with Gasteiger partial charge in [-0.15, -0.1) is 0 Å². The number of carbonyl (C=O) groups excluding carboxylic acids is 2. The van der Waals surface area contributed by atoms with Gasteiger partial charge >= 0.3 is 0 Å². The first-order valence-corrected chi connectivity index (χ1v) is 9.72. The van der Waals surface area contributed by atoms with E-state index in [2.05, 4.69) is 15.8 Å². The molecule has 0 aliphatic carbocycles. The summed E-state index contributed by atoms with van der Waals surface area (Å²) in [4.78, 5) is 25.1. The van der Waals surface area contributed by atoms with Crippen LogP contribution in [-0.2, 0) is 0 Å². The summed E-state index contributed by atoms with van der Waals surface area (Å²) in [6.07, 6.45) is 1.50. The maximum Gasteiger partial charge on any atom is 0.273 e. The number of hydrazone groups is 1. The van der Waals surface area contributed by atoms with Crippen molar-refractivity contribution in [2.45, 2.75) is 6.92 Å². The minimum atomic E-state index is -0.446. The molecule has 0 unspecified atom stereocenters. The SMILES string of the molecule is CCOc1cc(C=NNC(=O)c2ccccc2NC(=O)c2ccccc2)ccc1OC. The third-order valence-electron chi connectivity index (χ3n) is 4.32. The zero-order chi connectivity index (χ0) is 22.1. The molecule has 0 radical (unpaired) electrons. The number of amides is 2. The molecule has 0 spiro atoms. The van der Waals surface area contributed by atoms with Gasteiger partial charge in [0, 0.05) is 5.56 Å². The van der Waals surface area contributed by atoms with Gasteiger partial charge in [0.25, 0.3) is 11.8 Å². The lowest BCUT2D eigenvalue weighted by Crippen LogP contribution is -2.21. The van der Waals surface area contributed by atoms with Gasteiger partial charge in [-0.1, -0.05) is 30.3 Å². The molecule has 3 rings (SSSR count). The second-order valence-electron chi connectivity index (χ2n) is 6.41. The van der Waals surface area contributed by atoms with Crippen LogP contribution in [0, 0.1) is 0 Å². The largest absolute Gasteiger partial charge is 0.493 e. The van der Waals surface area contributed by atoms with Gasteiger partial charge in [-0.2, -0.15) is 5.10 Å². The summed E-state index contributed by atoms with van der Waals surface area (Å²) < 4.78 is 10.8. The average molecular weight is 417 g/mol. The van der Waals surface area contributed by atoms with Crippen LogP contribution in [0.1, 0.15) is 33.2 Å². The molecule has 158 valence electrons. The van der Waals surface area contributed by atoms with Crippen LogP contribution in [0.25, 0.3) is 0 Å². The number of para-hydroxylation sites is 1. The van der Waals surface area contributed by atoms with Crippen molar-refractivity contribution in [3.63, 3.8) is 0 Å². The van der Waals surface area contributed by atoms with E-state index < -0.39 is 5.91 Å². The fourth-order valence-electron chi connectivity index (χ4n) is 2.84. The molecule has 0 atom stereocenters. The van der Waals surface area contributed by atoms with Gasteiger partial charge in [0.2, 0.25) is 0 Å². The van der Waals surface area contributed by atoms with Crippen LogP contribution in [0.3, 0.4) is 0 Å². The number of carbonyl (C=O) groups is 2. The molecule has 0 bridgehead atoms. The van der Waals surface area contributed by atoms with Crippen LogP contribution in [0.2, 0.25) is 0 Å². The summed E-state index contributed by atoms with van der Waals surface area (Å²) in [6.45, 7) is 2.38. The molecule has 0 saturated carbocycles. The van der Waals surface area contributed by atoms with E-state index in [9.17, 15) is 9.59 Å². The molecule has 0 aliphatic heterocycles. The van der Waals surface area contributed by atoms with Crippen LogP contribution in [0.5, 0.6) is 11.5 Å². The second kappa shape index (κ2) is 10.6. The van der Waals surface area contributed by atoms with E-state index in [4.69, 9.17) is 9.47 Å². The Hall–Kier alpha value is -4.13. The van der Waals surface area contributed by atoms with Gasteiger partial charge in [0.1, 0.15) is 0 Å². The first-order chi connectivity index (χ1) is 15.1. The summed E-state index contributed by atoms with van der Waals surface area (Å²) >= 11 is 0. The summed E-state index contributed by atoms with van der Waals surface area (Å²) in [5.41, 5.74) is 4.42. The van der Waals surface area contributed by atoms with E-state index in [-0.39, 0.29) is 5.91 Å². The van der Waals surface area contributed by atoms with E-state index in [1.165, 1.54) is 6.21 Å². The number of hydrogen-bond donors (Lipinski definition) is 2. The lowest BCUT2D eigenvalue weighted by molar-refractivity contribution is 0.0956. The van der Waals surface area contributed by atoms with Crippen LogP contribution in [0.4, 0.5) is 5.69 Å². The molecule has 3 aromatic carbocycles. The molecule has 0 aliphatic rings. The Morgan fingerprint density at radius 2 is 1.68 bits per heavy atom. The van der Waals surface area contributed by atoms with Crippen LogP contribution in [-0.4, -0.2) is 31.7 Å². The quantitative estimate of drug-likeness (QED) is 0.426. The molecule has 0 saturated heterocycles. The van der Waals surface area contributed by atoms with Gasteiger partial charge in [-0.25, -0.2) is 5.43 Å². The number of benzene rings is 3. The molecule has 3 aromatic rings. The number of nitrogens with zero attached hydrogens (tertiary/aromatic N) is 1. The molecular formula is C24H23N3O4. The Kier molecular flexibility index (Phi) is 7.37. The van der Waals surface area contributed by atoms with Crippen LogP contribution < -0.4 is 20.2 Å². The first-order valence-electron chi connectivity index (χ1n) is 9.72. The summed E-state index contributed by atoms with van der Waals surface area (Å²) in [5, 5.41) is 6.79. The normalized spacial score (nSPS) is 10.5. The standard InChI is InChI=1S/C24H23N3O4/c1-3-31-22-15-17(13-14-21(22)30-2)16-25-27-24(29)19-11-7-8-12-20(19)26-23(28)18-9-5-4-6-10-18/h4-16H,3H2,1-2H3,(H,26,28)(H,27,29). The third kappa shape index (κ3) is 5.70. The fourth-order valence-corrected chi connectivity index (χ4v) is 2.84. The summed E-state index contributed by atoms with van der Waals surface area (Å²) in [5.74, 6) is 0.463. The number of rotatable bonds is 8. The predicted molar refractivity (Wildman–Crippen MR) is 120 cm³/mol. The van der Waals surface area contributed by atoms with Crippen molar-refractivity contribution >= 4 is 23.7 Å². The number of hydrogen-bond acceptors (Lipinski definition) is 5. The lowest BCUT2D eigenvalue weighted by Gasteiger charge is -2.10. The molecule has 7 heteroatoms. The van der Waals surface area contributed by atoms with E-state index in [0.29, 0.717) is 34.9 Å². The number of nitrogens with one attached hydrogen (secondary N) is 2. The highest BCUT2D eigenvalue weighted by molar-refractivity contribution is 6.09. The van der Waals surface area contributed by atoms with Crippen molar-refractivity contribution in [2.75, 3.05) is 19.0 Å². The van der Waals surface area contributed by atoms with Crippen molar-refractivity contribution in [1.82, 2.24) is 5.43 Å². The lowest BCUT2D eigenvalue weighted by atomic mass is 10.1. The minimum absolute atomic E-state index is 0.300. The van der Waals surface area contributed by atoms with Gasteiger partial charge in [-0.3, -0.25) is 9.59 Å². The fraction of sp³-hybridized carbons (Fsp3) is 0.125. The first kappa shape index (κ1) is 21.6. The van der Waals surface area contributed by atoms with Gasteiger partial charge in [0.15, 0.2) is 11.5 Å². The Morgan fingerprint density at radius 3 is 2.42 bits per heavy atom. The number of anilines is 1. The van der Waals surface area contributed by atoms with Crippen molar-refractivity contribution in [1.29, 1.82) is 0 Å². The van der Waals surface area contributed by atoms with E-state index in [1.807, 2.05) is 13.0 Å². The number of methoxy groups -OCH3 is 1. The van der Waals surface area contributed by atoms with E-state index in [1.54, 1.807) is 73.8 Å². The van der Waals surface area contributed by atoms with Crippen molar-refractivity contribution in [3.05, 3.63) is 89.5 Å². The average Bonchev–Trinajstić information content (AvgIpc) is 2.80. The predicted octanol–water partition coefficient (Wildman–Crippen LogP) is 4.11. The summed E-state index contributed by atoms with van der Waals surface area (Å²) in [7, 11) is 1.57. The highest BCUT2D eigenvalue weighted by atomic mass is 16.5. The third-order valence-corrected chi connectivity index (χ3v) is 4.32. The van der Waals surface area contributed by atoms with Crippen molar-refractivity contribution in [3.8, 4) is 11.5 Å². The van der Waals surface area contributed by atoms with Crippen LogP contribution >= 0.6 is 0 Å². The Labute approximate surface area is 180 Å². The minimum Gasteiger partial charge on any atom is -0.493 e. The molecular weight excluding hydrogens is 394 g/mol. The Morgan fingerprint density at radius 1 is 0.935 bits per heavy atom. The Balaban J connectivity index is 1.70. The molecule has 0 fully saturated rings. The monoisotopic (exact) mass is 417 g/mol. The highest BCUT2D eigenvalue weighted by Gasteiger charge is 2.13. The van der Waals surface area contributed by atoms with Gasteiger partial charge in [-0.05, 0) is 55.0 Å². The molecule has 31 heavy (non-hydrogen) atoms. The van der Waals surface area contributed by atoms with E-state index in [0.717, 1.165) is 5.56 Å². The van der Waals surface area contributed by atoms with Gasteiger partial charge < -0.3 is 14.8 Å². The van der Waals surface area contributed by atoms with Crippen molar-refractivity contribution in [2.24, 2.45) is 5.10 Å². The second-order valence-corrected chi connectivity index (χ2v) is 6.41. The Bertz CT molecular complexity index is 1080. The van der Waals surface area contributed by atoms with Crippen molar-refractivity contribution < 1.29 is 19.1 Å². The molecule has 0 heterocycles. The van der Waals surface area contributed by atoms with E-state index >= 15 is 0 Å². The highest BCUT2D eigenvalue weighted by Crippen LogP contribution is 2.27. The van der Waals surface area contributed by atoms with Gasteiger partial charge in [0.05, 0.1) is 31.2 Å². The maximum atomic E-state index is 12.6. The molecule has 0 aromatic heterocycles. The smallest absolute Gasteiger partial charge is 0.273 e. The number of ether oxygens (including phenoxy) is 2. The topological polar surface area (TPSA) is 89.0 Å². The maximum absolute atomic E-state index is 12.6. The molecule has 7 nitrogen and oxygen atoms in total. The molecule has 2 amide bonds. The summed E-state index contributed by atoms with van der Waals surface area (Å²) in [6, 6.07) is 20.9. The zero-order valence-electron chi connectivity index (χ0n) is 17.3. The zero-order valence-corrected chi connectivity index (χ0v) is 17.3.